The Bertz CT molecular complexity index is 572. The normalized spacial score (nSPS) is 17.9. The molecule has 5 nitrogen and oxygen atoms in total. The Kier molecular flexibility index (Phi) is 3.98. The summed E-state index contributed by atoms with van der Waals surface area (Å²) in [5.74, 6) is -0.958. The molecule has 0 atom stereocenters. The predicted octanol–water partition coefficient (Wildman–Crippen LogP) is 1.84. The van der Waals surface area contributed by atoms with Crippen LogP contribution in [-0.2, 0) is 21.2 Å². The maximum atomic E-state index is 12.1. The van der Waals surface area contributed by atoms with Gasteiger partial charge >= 0.3 is 5.97 Å². The van der Waals surface area contributed by atoms with E-state index in [0.29, 0.717) is 11.4 Å². The molecular weight excluding hydrogens is 286 g/mol. The second kappa shape index (κ2) is 5.22. The summed E-state index contributed by atoms with van der Waals surface area (Å²) in [4.78, 5) is 11.1. The average molecular weight is 303 g/mol. The van der Waals surface area contributed by atoms with E-state index in [9.17, 15) is 13.2 Å². The fraction of sp³-hybridized carbons (Fsp3) is 0.583. The first-order valence-corrected chi connectivity index (χ1v) is 8.41. The molecule has 0 radical (unpaired) electrons. The van der Waals surface area contributed by atoms with Crippen LogP contribution in [0.3, 0.4) is 0 Å². The van der Waals surface area contributed by atoms with Crippen LogP contribution in [-0.4, -0.2) is 26.0 Å². The van der Waals surface area contributed by atoms with E-state index >= 15 is 0 Å². The number of hydrogen-bond acceptors (Lipinski definition) is 4. The van der Waals surface area contributed by atoms with E-state index in [2.05, 4.69) is 11.6 Å². The fourth-order valence-electron chi connectivity index (χ4n) is 2.04. The minimum Gasteiger partial charge on any atom is -0.481 e. The Morgan fingerprint density at radius 3 is 2.68 bits per heavy atom. The van der Waals surface area contributed by atoms with Crippen LogP contribution < -0.4 is 4.72 Å². The van der Waals surface area contributed by atoms with Gasteiger partial charge in [0.1, 0.15) is 4.21 Å². The maximum absolute atomic E-state index is 12.1. The molecule has 1 fully saturated rings. The lowest BCUT2D eigenvalue weighted by molar-refractivity contribution is -0.136. The van der Waals surface area contributed by atoms with Gasteiger partial charge in [0.05, 0.1) is 6.42 Å². The highest BCUT2D eigenvalue weighted by Crippen LogP contribution is 2.39. The molecule has 1 aliphatic rings. The topological polar surface area (TPSA) is 83.5 Å². The van der Waals surface area contributed by atoms with Crippen molar-refractivity contribution < 1.29 is 18.3 Å². The van der Waals surface area contributed by atoms with Crippen LogP contribution in [0, 0.1) is 5.41 Å². The van der Waals surface area contributed by atoms with Gasteiger partial charge in [-0.25, -0.2) is 13.1 Å². The Hall–Kier alpha value is -0.920. The highest BCUT2D eigenvalue weighted by atomic mass is 32.2. The maximum Gasteiger partial charge on any atom is 0.308 e. The summed E-state index contributed by atoms with van der Waals surface area (Å²) in [5, 5.41) is 8.67. The standard InChI is InChI=1S/C12H17NO4S2/c1-12(5-2-6-12)8-13-19(16,17)11-4-3-9(18-11)7-10(14)15/h3-4,13H,2,5-8H2,1H3,(H,14,15). The fourth-order valence-corrected chi connectivity index (χ4v) is 4.64. The van der Waals surface area contributed by atoms with Gasteiger partial charge in [0.25, 0.3) is 0 Å². The summed E-state index contributed by atoms with van der Waals surface area (Å²) in [6, 6.07) is 3.02. The molecule has 2 N–H and O–H groups in total. The van der Waals surface area contributed by atoms with Crippen molar-refractivity contribution in [2.45, 2.75) is 36.8 Å². The molecule has 1 aromatic heterocycles. The number of thiophene rings is 1. The van der Waals surface area contributed by atoms with E-state index in [4.69, 9.17) is 5.11 Å². The predicted molar refractivity (Wildman–Crippen MR) is 72.8 cm³/mol. The van der Waals surface area contributed by atoms with Crippen molar-refractivity contribution in [3.8, 4) is 0 Å². The van der Waals surface area contributed by atoms with Crippen molar-refractivity contribution in [1.82, 2.24) is 4.72 Å². The van der Waals surface area contributed by atoms with Crippen molar-refractivity contribution in [1.29, 1.82) is 0 Å². The number of carbonyl (C=O) groups is 1. The summed E-state index contributed by atoms with van der Waals surface area (Å²) >= 11 is 1.01. The molecule has 7 heteroatoms. The molecule has 0 aliphatic heterocycles. The highest BCUT2D eigenvalue weighted by molar-refractivity contribution is 7.91. The molecule has 0 unspecified atom stereocenters. The van der Waals surface area contributed by atoms with Gasteiger partial charge in [-0.15, -0.1) is 11.3 Å². The molecule has 1 aromatic rings. The van der Waals surface area contributed by atoms with Crippen LogP contribution in [0.5, 0.6) is 0 Å². The van der Waals surface area contributed by atoms with Gasteiger partial charge in [-0.05, 0) is 30.4 Å². The Labute approximate surface area is 116 Å². The van der Waals surface area contributed by atoms with Crippen LogP contribution in [0.4, 0.5) is 0 Å². The molecule has 0 saturated heterocycles. The van der Waals surface area contributed by atoms with Crippen molar-refractivity contribution >= 4 is 27.3 Å². The number of carboxylic acids is 1. The van der Waals surface area contributed by atoms with Gasteiger partial charge < -0.3 is 5.11 Å². The van der Waals surface area contributed by atoms with E-state index in [0.717, 1.165) is 30.6 Å². The third kappa shape index (κ3) is 3.55. The van der Waals surface area contributed by atoms with Gasteiger partial charge in [0.2, 0.25) is 10.0 Å². The van der Waals surface area contributed by atoms with Crippen LogP contribution >= 0.6 is 11.3 Å². The molecule has 0 aromatic carbocycles. The van der Waals surface area contributed by atoms with Gasteiger partial charge in [0.15, 0.2) is 0 Å². The Balaban J connectivity index is 2.02. The van der Waals surface area contributed by atoms with Crippen LogP contribution in [0.25, 0.3) is 0 Å². The number of nitrogens with one attached hydrogen (secondary N) is 1. The molecule has 106 valence electrons. The van der Waals surface area contributed by atoms with E-state index in [1.54, 1.807) is 6.07 Å². The zero-order valence-corrected chi connectivity index (χ0v) is 12.3. The van der Waals surface area contributed by atoms with Crippen molar-refractivity contribution in [2.24, 2.45) is 5.41 Å². The van der Waals surface area contributed by atoms with E-state index in [1.165, 1.54) is 6.07 Å². The molecule has 0 spiro atoms. The van der Waals surface area contributed by atoms with E-state index in [-0.39, 0.29) is 16.0 Å². The number of sulfonamides is 1. The molecule has 1 saturated carbocycles. The quantitative estimate of drug-likeness (QED) is 0.840. The summed E-state index contributed by atoms with van der Waals surface area (Å²) in [7, 11) is -3.51. The minimum atomic E-state index is -3.51. The molecule has 19 heavy (non-hydrogen) atoms. The van der Waals surface area contributed by atoms with Gasteiger partial charge in [0, 0.05) is 11.4 Å². The lowest BCUT2D eigenvalue weighted by atomic mass is 9.71. The molecular formula is C12H17NO4S2. The SMILES string of the molecule is CC1(CNS(=O)(=O)c2ccc(CC(=O)O)s2)CCC1. The van der Waals surface area contributed by atoms with Crippen molar-refractivity contribution in [2.75, 3.05) is 6.54 Å². The zero-order chi connectivity index (χ0) is 14.1. The van der Waals surface area contributed by atoms with Crippen LogP contribution in [0.2, 0.25) is 0 Å². The Morgan fingerprint density at radius 2 is 2.16 bits per heavy atom. The largest absolute Gasteiger partial charge is 0.481 e. The lowest BCUT2D eigenvalue weighted by Crippen LogP contribution is -2.39. The van der Waals surface area contributed by atoms with E-state index < -0.39 is 16.0 Å². The summed E-state index contributed by atoms with van der Waals surface area (Å²) in [5.41, 5.74) is 0.0776. The first-order valence-electron chi connectivity index (χ1n) is 6.11. The number of hydrogen-bond donors (Lipinski definition) is 2. The molecule has 0 bridgehead atoms. The molecule has 0 amide bonds. The first-order chi connectivity index (χ1) is 8.81. The number of aliphatic carboxylic acids is 1. The third-order valence-electron chi connectivity index (χ3n) is 3.48. The van der Waals surface area contributed by atoms with Gasteiger partial charge in [-0.3, -0.25) is 4.79 Å². The number of rotatable bonds is 6. The summed E-state index contributed by atoms with van der Waals surface area (Å²) in [6.07, 6.45) is 3.10. The molecule has 1 aliphatic carbocycles. The Morgan fingerprint density at radius 1 is 1.47 bits per heavy atom. The second-order valence-electron chi connectivity index (χ2n) is 5.28. The highest BCUT2D eigenvalue weighted by Gasteiger charge is 2.33. The second-order valence-corrected chi connectivity index (χ2v) is 8.44. The summed E-state index contributed by atoms with van der Waals surface area (Å²) < 4.78 is 26.9. The van der Waals surface area contributed by atoms with Gasteiger partial charge in [-0.2, -0.15) is 0 Å². The monoisotopic (exact) mass is 303 g/mol. The van der Waals surface area contributed by atoms with E-state index in [1.807, 2.05) is 0 Å². The summed E-state index contributed by atoms with van der Waals surface area (Å²) in [6.45, 7) is 2.52. The minimum absolute atomic E-state index is 0.0776. The van der Waals surface area contributed by atoms with Crippen LogP contribution in [0.1, 0.15) is 31.1 Å². The van der Waals surface area contributed by atoms with Gasteiger partial charge in [-0.1, -0.05) is 13.3 Å². The average Bonchev–Trinajstić information content (AvgIpc) is 2.72. The first kappa shape index (κ1) is 14.5. The molecule has 2 rings (SSSR count). The smallest absolute Gasteiger partial charge is 0.308 e. The third-order valence-corrected chi connectivity index (χ3v) is 6.46. The lowest BCUT2D eigenvalue weighted by Gasteiger charge is -2.38. The van der Waals surface area contributed by atoms with Crippen molar-refractivity contribution in [3.63, 3.8) is 0 Å². The molecule has 1 heterocycles. The van der Waals surface area contributed by atoms with Crippen molar-refractivity contribution in [3.05, 3.63) is 17.0 Å². The number of carboxylic acid groups (broad SMARTS) is 1. The van der Waals surface area contributed by atoms with Crippen LogP contribution in [0.15, 0.2) is 16.3 Å². The zero-order valence-electron chi connectivity index (χ0n) is 10.7.